The van der Waals surface area contributed by atoms with E-state index in [-0.39, 0.29) is 17.9 Å². The molecular formula is C21H35N3O3. The lowest BCUT2D eigenvalue weighted by molar-refractivity contribution is -0.127. The highest BCUT2D eigenvalue weighted by Gasteiger charge is 2.51. The molecule has 0 unspecified atom stereocenters. The second-order valence-corrected chi connectivity index (χ2v) is 9.28. The van der Waals surface area contributed by atoms with Crippen molar-refractivity contribution in [2.45, 2.75) is 64.3 Å². The largest absolute Gasteiger partial charge is 0.450 e. The van der Waals surface area contributed by atoms with Gasteiger partial charge in [0.1, 0.15) is 0 Å². The van der Waals surface area contributed by atoms with Crippen LogP contribution in [-0.2, 0) is 9.53 Å². The third-order valence-corrected chi connectivity index (χ3v) is 7.51. The van der Waals surface area contributed by atoms with Gasteiger partial charge < -0.3 is 19.9 Å². The molecule has 1 spiro atoms. The molecule has 27 heavy (non-hydrogen) atoms. The Hall–Kier alpha value is -1.30. The molecule has 2 aliphatic heterocycles. The lowest BCUT2D eigenvalue weighted by atomic mass is 9.64. The lowest BCUT2D eigenvalue weighted by Crippen LogP contribution is -2.55. The van der Waals surface area contributed by atoms with Crippen molar-refractivity contribution in [2.75, 3.05) is 39.3 Å². The SMILES string of the molecule is CCOC(=O)N1CCC2(CC(N3CCC(C(=O)NCC4CCC4)CC3)C2)C1. The fourth-order valence-electron chi connectivity index (χ4n) is 5.45. The molecule has 2 aliphatic carbocycles. The molecule has 0 bridgehead atoms. The Morgan fingerprint density at radius 2 is 1.85 bits per heavy atom. The number of rotatable bonds is 5. The van der Waals surface area contributed by atoms with Gasteiger partial charge in [-0.15, -0.1) is 0 Å². The molecule has 4 fully saturated rings. The summed E-state index contributed by atoms with van der Waals surface area (Å²) in [6.07, 6.45) is 9.26. The summed E-state index contributed by atoms with van der Waals surface area (Å²) in [5, 5.41) is 3.18. The Morgan fingerprint density at radius 3 is 2.48 bits per heavy atom. The number of nitrogens with one attached hydrogen (secondary N) is 1. The maximum Gasteiger partial charge on any atom is 0.409 e. The van der Waals surface area contributed by atoms with E-state index in [1.807, 2.05) is 11.8 Å². The van der Waals surface area contributed by atoms with E-state index >= 15 is 0 Å². The zero-order valence-corrected chi connectivity index (χ0v) is 16.8. The summed E-state index contributed by atoms with van der Waals surface area (Å²) in [4.78, 5) is 28.8. The molecule has 152 valence electrons. The van der Waals surface area contributed by atoms with E-state index in [4.69, 9.17) is 4.74 Å². The maximum atomic E-state index is 12.4. The van der Waals surface area contributed by atoms with Gasteiger partial charge in [0.15, 0.2) is 0 Å². The third-order valence-electron chi connectivity index (χ3n) is 7.51. The summed E-state index contributed by atoms with van der Waals surface area (Å²) in [6, 6.07) is 0.645. The lowest BCUT2D eigenvalue weighted by Gasteiger charge is -2.51. The summed E-state index contributed by atoms with van der Waals surface area (Å²) >= 11 is 0. The number of carbonyl (C=O) groups excluding carboxylic acids is 2. The van der Waals surface area contributed by atoms with Crippen molar-refractivity contribution >= 4 is 12.0 Å². The molecule has 2 saturated heterocycles. The molecule has 0 atom stereocenters. The van der Waals surface area contributed by atoms with Crippen LogP contribution in [0.3, 0.4) is 0 Å². The topological polar surface area (TPSA) is 61.9 Å². The van der Waals surface area contributed by atoms with Gasteiger partial charge in [0.2, 0.25) is 5.91 Å². The van der Waals surface area contributed by atoms with Crippen LogP contribution >= 0.6 is 0 Å². The van der Waals surface area contributed by atoms with Crippen molar-refractivity contribution in [3.8, 4) is 0 Å². The second kappa shape index (κ2) is 7.98. The Kier molecular flexibility index (Phi) is 5.62. The summed E-state index contributed by atoms with van der Waals surface area (Å²) in [5.74, 6) is 1.23. The van der Waals surface area contributed by atoms with Gasteiger partial charge in [-0.05, 0) is 76.3 Å². The van der Waals surface area contributed by atoms with Crippen LogP contribution in [-0.4, -0.2) is 67.2 Å². The van der Waals surface area contributed by atoms with Crippen LogP contribution in [0.5, 0.6) is 0 Å². The number of nitrogens with zero attached hydrogens (tertiary/aromatic N) is 2. The van der Waals surface area contributed by atoms with Crippen molar-refractivity contribution in [3.63, 3.8) is 0 Å². The summed E-state index contributed by atoms with van der Waals surface area (Å²) < 4.78 is 5.15. The number of carbonyl (C=O) groups is 2. The zero-order chi connectivity index (χ0) is 18.9. The van der Waals surface area contributed by atoms with Gasteiger partial charge in [0.05, 0.1) is 6.61 Å². The number of hydrogen-bond acceptors (Lipinski definition) is 4. The molecule has 2 amide bonds. The molecule has 4 aliphatic rings. The van der Waals surface area contributed by atoms with E-state index in [1.54, 1.807) is 0 Å². The fourth-order valence-corrected chi connectivity index (χ4v) is 5.45. The van der Waals surface area contributed by atoms with Crippen molar-refractivity contribution in [2.24, 2.45) is 17.3 Å². The van der Waals surface area contributed by atoms with Gasteiger partial charge in [0, 0.05) is 31.6 Å². The second-order valence-electron chi connectivity index (χ2n) is 9.28. The van der Waals surface area contributed by atoms with E-state index in [0.717, 1.165) is 57.9 Å². The van der Waals surface area contributed by atoms with E-state index in [0.29, 0.717) is 18.1 Å². The van der Waals surface area contributed by atoms with Crippen LogP contribution in [0.15, 0.2) is 0 Å². The van der Waals surface area contributed by atoms with Gasteiger partial charge in [-0.1, -0.05) is 6.42 Å². The first kappa shape index (κ1) is 19.0. The first-order valence-corrected chi connectivity index (χ1v) is 11.0. The molecule has 6 nitrogen and oxygen atoms in total. The van der Waals surface area contributed by atoms with Crippen molar-refractivity contribution in [1.29, 1.82) is 0 Å². The Bertz CT molecular complexity index is 549. The van der Waals surface area contributed by atoms with E-state index in [1.165, 1.54) is 32.1 Å². The standard InChI is InChI=1S/C21H35N3O3/c1-2-27-20(26)24-11-8-21(15-24)12-18(13-21)23-9-6-17(7-10-23)19(25)22-14-16-4-3-5-16/h16-18H,2-15H2,1H3,(H,22,25). The molecule has 2 saturated carbocycles. The normalized spacial score (nSPS) is 32.2. The van der Waals surface area contributed by atoms with Crippen LogP contribution in [0.1, 0.15) is 58.3 Å². The number of piperidine rings is 1. The summed E-state index contributed by atoms with van der Waals surface area (Å²) in [6.45, 7) is 7.00. The van der Waals surface area contributed by atoms with Crippen molar-refractivity contribution < 1.29 is 14.3 Å². The average molecular weight is 378 g/mol. The minimum atomic E-state index is -0.147. The van der Waals surface area contributed by atoms with E-state index in [2.05, 4.69) is 10.2 Å². The molecule has 1 N–H and O–H groups in total. The van der Waals surface area contributed by atoms with Crippen LogP contribution in [0.4, 0.5) is 4.79 Å². The van der Waals surface area contributed by atoms with Crippen LogP contribution < -0.4 is 5.32 Å². The molecule has 0 aromatic heterocycles. The summed E-state index contributed by atoms with van der Waals surface area (Å²) in [7, 11) is 0. The Morgan fingerprint density at radius 1 is 1.11 bits per heavy atom. The van der Waals surface area contributed by atoms with Crippen molar-refractivity contribution in [3.05, 3.63) is 0 Å². The highest BCUT2D eigenvalue weighted by molar-refractivity contribution is 5.78. The predicted octanol–water partition coefficient (Wildman–Crippen LogP) is 2.63. The number of ether oxygens (including phenoxy) is 1. The van der Waals surface area contributed by atoms with Gasteiger partial charge in [0.25, 0.3) is 0 Å². The smallest absolute Gasteiger partial charge is 0.409 e. The van der Waals surface area contributed by atoms with Gasteiger partial charge in [-0.25, -0.2) is 4.79 Å². The molecule has 0 aromatic carbocycles. The molecule has 0 aromatic rings. The highest BCUT2D eigenvalue weighted by atomic mass is 16.6. The summed E-state index contributed by atoms with van der Waals surface area (Å²) in [5.41, 5.74) is 0.328. The minimum absolute atomic E-state index is 0.147. The third kappa shape index (κ3) is 4.10. The van der Waals surface area contributed by atoms with Crippen molar-refractivity contribution in [1.82, 2.24) is 15.1 Å². The number of hydrogen-bond donors (Lipinski definition) is 1. The molecule has 0 radical (unpaired) electrons. The monoisotopic (exact) mass is 377 g/mol. The molecule has 2 heterocycles. The average Bonchev–Trinajstić information content (AvgIpc) is 3.05. The Balaban J connectivity index is 1.16. The minimum Gasteiger partial charge on any atom is -0.450 e. The highest BCUT2D eigenvalue weighted by Crippen LogP contribution is 2.50. The number of likely N-dealkylation sites (tertiary alicyclic amines) is 2. The quantitative estimate of drug-likeness (QED) is 0.800. The van der Waals surface area contributed by atoms with Gasteiger partial charge in [-0.2, -0.15) is 0 Å². The van der Waals surface area contributed by atoms with E-state index < -0.39 is 0 Å². The number of amides is 2. The zero-order valence-electron chi connectivity index (χ0n) is 16.8. The van der Waals surface area contributed by atoms with Gasteiger partial charge >= 0.3 is 6.09 Å². The predicted molar refractivity (Wildman–Crippen MR) is 103 cm³/mol. The molecule has 4 rings (SSSR count). The first-order valence-electron chi connectivity index (χ1n) is 11.0. The van der Waals surface area contributed by atoms with Gasteiger partial charge in [-0.3, -0.25) is 4.79 Å². The Labute approximate surface area is 163 Å². The van der Waals surface area contributed by atoms with E-state index in [9.17, 15) is 9.59 Å². The van der Waals surface area contributed by atoms with Crippen LogP contribution in [0, 0.1) is 17.3 Å². The van der Waals surface area contributed by atoms with Crippen LogP contribution in [0.2, 0.25) is 0 Å². The van der Waals surface area contributed by atoms with Crippen LogP contribution in [0.25, 0.3) is 0 Å². The fraction of sp³-hybridized carbons (Fsp3) is 0.905. The molecular weight excluding hydrogens is 342 g/mol. The maximum absolute atomic E-state index is 12.4. The first-order chi connectivity index (χ1) is 13.1. The molecule has 6 heteroatoms.